The maximum absolute atomic E-state index is 12.7. The van der Waals surface area contributed by atoms with E-state index in [1.165, 1.54) is 7.11 Å². The van der Waals surface area contributed by atoms with Gasteiger partial charge in [-0.15, -0.1) is 0 Å². The van der Waals surface area contributed by atoms with Gasteiger partial charge in [-0.3, -0.25) is 9.10 Å². The lowest BCUT2D eigenvalue weighted by Gasteiger charge is -2.28. The first-order chi connectivity index (χ1) is 14.2. The highest BCUT2D eigenvalue weighted by molar-refractivity contribution is 7.92. The van der Waals surface area contributed by atoms with Crippen LogP contribution in [-0.4, -0.2) is 47.4 Å². The lowest BCUT2D eigenvalue weighted by atomic mass is 10.2. The highest BCUT2D eigenvalue weighted by atomic mass is 32.2. The van der Waals surface area contributed by atoms with Crippen LogP contribution in [0.1, 0.15) is 19.4 Å². The molecular formula is C21H28N2O6S. The molecule has 30 heavy (non-hydrogen) atoms. The van der Waals surface area contributed by atoms with Crippen molar-refractivity contribution >= 4 is 21.6 Å². The molecule has 8 nitrogen and oxygen atoms in total. The second-order valence-corrected chi connectivity index (χ2v) is 8.43. The number of benzene rings is 2. The van der Waals surface area contributed by atoms with E-state index in [4.69, 9.17) is 14.2 Å². The Labute approximate surface area is 177 Å². The third kappa shape index (κ3) is 5.79. The van der Waals surface area contributed by atoms with E-state index in [1.807, 2.05) is 6.92 Å². The lowest BCUT2D eigenvalue weighted by molar-refractivity contribution is -0.122. The summed E-state index contributed by atoms with van der Waals surface area (Å²) in [5.74, 6) is 1.33. The molecule has 2 aromatic rings. The predicted octanol–water partition coefficient (Wildman–Crippen LogP) is 2.57. The number of sulfonamides is 1. The minimum atomic E-state index is -3.69. The van der Waals surface area contributed by atoms with Gasteiger partial charge in [-0.05, 0) is 55.8 Å². The summed E-state index contributed by atoms with van der Waals surface area (Å²) < 4.78 is 41.7. The Morgan fingerprint density at radius 2 is 1.70 bits per heavy atom. The number of nitrogens with one attached hydrogen (secondary N) is 1. The monoisotopic (exact) mass is 436 g/mol. The Hall–Kier alpha value is -2.94. The van der Waals surface area contributed by atoms with Crippen LogP contribution in [0.15, 0.2) is 42.5 Å². The first-order valence-corrected chi connectivity index (χ1v) is 11.3. The number of carbonyl (C=O) groups excluding carboxylic acids is 1. The van der Waals surface area contributed by atoms with Gasteiger partial charge in [-0.2, -0.15) is 0 Å². The minimum Gasteiger partial charge on any atom is -0.494 e. The molecule has 1 N–H and O–H groups in total. The summed E-state index contributed by atoms with van der Waals surface area (Å²) in [5.41, 5.74) is 1.18. The van der Waals surface area contributed by atoms with E-state index in [0.29, 0.717) is 29.5 Å². The molecule has 0 aliphatic rings. The zero-order chi connectivity index (χ0) is 22.3. The smallest absolute Gasteiger partial charge is 0.243 e. The number of carbonyl (C=O) groups is 1. The van der Waals surface area contributed by atoms with E-state index < -0.39 is 22.0 Å². The molecule has 0 aromatic heterocycles. The highest BCUT2D eigenvalue weighted by Gasteiger charge is 2.29. The van der Waals surface area contributed by atoms with Gasteiger partial charge in [0.15, 0.2) is 11.5 Å². The van der Waals surface area contributed by atoms with Gasteiger partial charge in [0, 0.05) is 6.54 Å². The van der Waals surface area contributed by atoms with Gasteiger partial charge in [-0.1, -0.05) is 6.07 Å². The third-order valence-electron chi connectivity index (χ3n) is 4.41. The lowest BCUT2D eigenvalue weighted by Crippen LogP contribution is -2.47. The average molecular weight is 437 g/mol. The number of amides is 1. The van der Waals surface area contributed by atoms with Crippen molar-refractivity contribution in [2.75, 3.05) is 31.4 Å². The van der Waals surface area contributed by atoms with Crippen LogP contribution in [0.5, 0.6) is 17.2 Å². The van der Waals surface area contributed by atoms with E-state index in [1.54, 1.807) is 56.5 Å². The van der Waals surface area contributed by atoms with E-state index in [-0.39, 0.29) is 6.54 Å². The number of hydrogen-bond donors (Lipinski definition) is 1. The molecule has 164 valence electrons. The maximum Gasteiger partial charge on any atom is 0.243 e. The average Bonchev–Trinajstić information content (AvgIpc) is 2.72. The molecule has 2 aromatic carbocycles. The van der Waals surface area contributed by atoms with E-state index >= 15 is 0 Å². The van der Waals surface area contributed by atoms with E-state index in [9.17, 15) is 13.2 Å². The predicted molar refractivity (Wildman–Crippen MR) is 116 cm³/mol. The molecule has 0 radical (unpaired) electrons. The molecule has 9 heteroatoms. The molecule has 1 amide bonds. The number of nitrogens with zero attached hydrogens (tertiary/aromatic N) is 1. The van der Waals surface area contributed by atoms with Crippen LogP contribution in [0.2, 0.25) is 0 Å². The van der Waals surface area contributed by atoms with E-state index in [2.05, 4.69) is 5.32 Å². The molecule has 0 bridgehead atoms. The Kier molecular flexibility index (Phi) is 7.93. The zero-order valence-corrected chi connectivity index (χ0v) is 18.7. The van der Waals surface area contributed by atoms with Crippen molar-refractivity contribution in [2.45, 2.75) is 26.4 Å². The van der Waals surface area contributed by atoms with Gasteiger partial charge in [-0.25, -0.2) is 8.42 Å². The van der Waals surface area contributed by atoms with Gasteiger partial charge in [0.25, 0.3) is 0 Å². The van der Waals surface area contributed by atoms with Crippen molar-refractivity contribution in [3.05, 3.63) is 48.0 Å². The first-order valence-electron chi connectivity index (χ1n) is 9.42. The fourth-order valence-corrected chi connectivity index (χ4v) is 4.17. The van der Waals surface area contributed by atoms with E-state index in [0.717, 1.165) is 16.1 Å². The molecule has 0 spiro atoms. The fourth-order valence-electron chi connectivity index (χ4n) is 2.99. The van der Waals surface area contributed by atoms with Crippen LogP contribution in [-0.2, 0) is 21.4 Å². The van der Waals surface area contributed by atoms with Crippen LogP contribution in [0.4, 0.5) is 5.69 Å². The quantitative estimate of drug-likeness (QED) is 0.615. The molecule has 0 saturated carbocycles. The Bertz CT molecular complexity index is 960. The standard InChI is InChI=1S/C21H28N2O6S/c1-6-29-18-10-8-17(9-11-18)23(30(5,25)26)15(2)21(24)22-14-16-7-12-19(27-3)20(13-16)28-4/h7-13,15H,6,14H2,1-5H3,(H,22,24)/t15-/m1/s1. The summed E-state index contributed by atoms with van der Waals surface area (Å²) in [4.78, 5) is 12.7. The van der Waals surface area contributed by atoms with Crippen LogP contribution in [0, 0.1) is 0 Å². The van der Waals surface area contributed by atoms with Crippen LogP contribution in [0.25, 0.3) is 0 Å². The third-order valence-corrected chi connectivity index (χ3v) is 5.65. The van der Waals surface area contributed by atoms with Crippen molar-refractivity contribution < 1.29 is 27.4 Å². The van der Waals surface area contributed by atoms with Gasteiger partial charge >= 0.3 is 0 Å². The van der Waals surface area contributed by atoms with Crippen LogP contribution < -0.4 is 23.8 Å². The molecular weight excluding hydrogens is 408 g/mol. The van der Waals surface area contributed by atoms with Gasteiger partial charge in [0.05, 0.1) is 32.8 Å². The van der Waals surface area contributed by atoms with Crippen molar-refractivity contribution in [3.63, 3.8) is 0 Å². The number of methoxy groups -OCH3 is 2. The summed E-state index contributed by atoms with van der Waals surface area (Å²) in [5, 5.41) is 2.78. The largest absolute Gasteiger partial charge is 0.494 e. The summed E-state index contributed by atoms with van der Waals surface area (Å²) in [6.45, 7) is 4.12. The number of anilines is 1. The number of ether oxygens (including phenoxy) is 3. The number of hydrogen-bond acceptors (Lipinski definition) is 6. The molecule has 0 heterocycles. The van der Waals surface area contributed by atoms with Gasteiger partial charge in [0.2, 0.25) is 15.9 Å². The second-order valence-electron chi connectivity index (χ2n) is 6.57. The van der Waals surface area contributed by atoms with Gasteiger partial charge in [0.1, 0.15) is 11.8 Å². The summed E-state index contributed by atoms with van der Waals surface area (Å²) >= 11 is 0. The minimum absolute atomic E-state index is 0.213. The normalized spacial score (nSPS) is 12.0. The SMILES string of the molecule is CCOc1ccc(N([C@H](C)C(=O)NCc2ccc(OC)c(OC)c2)S(C)(=O)=O)cc1. The second kappa shape index (κ2) is 10.2. The van der Waals surface area contributed by atoms with Gasteiger partial charge < -0.3 is 19.5 Å². The molecule has 1 atom stereocenters. The molecule has 0 saturated heterocycles. The topological polar surface area (TPSA) is 94.2 Å². The van der Waals surface area contributed by atoms with Crippen molar-refractivity contribution in [2.24, 2.45) is 0 Å². The summed E-state index contributed by atoms with van der Waals surface area (Å²) in [7, 11) is -0.621. The molecule has 2 rings (SSSR count). The molecule has 0 aliphatic heterocycles. The Morgan fingerprint density at radius 3 is 2.23 bits per heavy atom. The highest BCUT2D eigenvalue weighted by Crippen LogP contribution is 2.28. The van der Waals surface area contributed by atoms with Crippen molar-refractivity contribution in [1.29, 1.82) is 0 Å². The maximum atomic E-state index is 12.7. The summed E-state index contributed by atoms with van der Waals surface area (Å²) in [6, 6.07) is 10.9. The van der Waals surface area contributed by atoms with Crippen molar-refractivity contribution in [1.82, 2.24) is 5.32 Å². The van der Waals surface area contributed by atoms with Crippen LogP contribution >= 0.6 is 0 Å². The molecule has 0 fully saturated rings. The zero-order valence-electron chi connectivity index (χ0n) is 17.8. The summed E-state index contributed by atoms with van der Waals surface area (Å²) in [6.07, 6.45) is 1.07. The van der Waals surface area contributed by atoms with Crippen molar-refractivity contribution in [3.8, 4) is 17.2 Å². The fraction of sp³-hybridized carbons (Fsp3) is 0.381. The van der Waals surface area contributed by atoms with Crippen LogP contribution in [0.3, 0.4) is 0 Å². The Morgan fingerprint density at radius 1 is 1.07 bits per heavy atom. The Balaban J connectivity index is 2.16. The molecule has 0 aliphatic carbocycles. The molecule has 0 unspecified atom stereocenters. The number of rotatable bonds is 10. The first kappa shape index (κ1) is 23.3.